The first-order valence-electron chi connectivity index (χ1n) is 20.0. The van der Waals surface area contributed by atoms with Gasteiger partial charge in [-0.2, -0.15) is 0 Å². The van der Waals surface area contributed by atoms with Gasteiger partial charge in [-0.1, -0.05) is 25.7 Å². The Bertz CT molecular complexity index is 2430. The molecule has 5 fully saturated rings. The molecule has 9 unspecified atom stereocenters. The molecule has 314 valence electrons. The van der Waals surface area contributed by atoms with Crippen molar-refractivity contribution in [2.75, 3.05) is 20.7 Å². The Morgan fingerprint density at radius 2 is 1.38 bits per heavy atom. The van der Waals surface area contributed by atoms with E-state index in [9.17, 15) is 27.6 Å². The summed E-state index contributed by atoms with van der Waals surface area (Å²) >= 11 is 6.51. The van der Waals surface area contributed by atoms with Crippen molar-refractivity contribution < 1.29 is 37.1 Å². The fourth-order valence-corrected chi connectivity index (χ4v) is 10.6. The van der Waals surface area contributed by atoms with E-state index in [0.717, 1.165) is 49.8 Å². The average molecular weight is 862 g/mol. The molecule has 5 amide bonds. The first-order chi connectivity index (χ1) is 29.5. The summed E-state index contributed by atoms with van der Waals surface area (Å²) in [6.07, 6.45) is 12.9. The Morgan fingerprint density at radius 3 is 1.98 bits per heavy atom. The van der Waals surface area contributed by atoms with Crippen LogP contribution in [0, 0.1) is 113 Å². The number of carbonyl (C=O) groups is 4. The molecule has 0 aromatic carbocycles. The molecule has 0 radical (unpaired) electrons. The minimum Gasteiger partial charge on any atom is -0.440 e. The van der Waals surface area contributed by atoms with Crippen LogP contribution in [0.5, 0.6) is 0 Å². The van der Waals surface area contributed by atoms with Crippen LogP contribution in [0.1, 0.15) is 77.0 Å². The van der Waals surface area contributed by atoms with Crippen LogP contribution >= 0.6 is 11.6 Å². The Labute approximate surface area is 363 Å². The van der Waals surface area contributed by atoms with Crippen LogP contribution in [0.25, 0.3) is 0 Å². The van der Waals surface area contributed by atoms with Crippen molar-refractivity contribution in [2.45, 2.75) is 124 Å². The van der Waals surface area contributed by atoms with Gasteiger partial charge in [-0.25, -0.2) is 22.8 Å². The molecule has 9 atom stereocenters. The number of alkyl halides is 1. The van der Waals surface area contributed by atoms with Gasteiger partial charge >= 0.3 is 6.03 Å². The highest BCUT2D eigenvalue weighted by molar-refractivity contribution is 7.90. The summed E-state index contributed by atoms with van der Waals surface area (Å²) in [5, 5.41) is 1.49. The fraction of sp³-hybridized carbons (Fsp3) is 0.522. The highest BCUT2D eigenvalue weighted by atomic mass is 35.5. The van der Waals surface area contributed by atoms with E-state index in [4.69, 9.17) is 27.5 Å². The number of sulfonamides is 1. The topological polar surface area (TPSA) is 155 Å². The Hall–Kier alpha value is -6.12. The number of fused-ring (bicyclic) bond motifs is 1. The number of likely N-dealkylation sites (tertiary alicyclic amines) is 1. The van der Waals surface area contributed by atoms with Crippen molar-refractivity contribution in [3.8, 4) is 107 Å². The minimum absolute atomic E-state index is 0.121. The molecule has 2 N–H and O–H groups in total. The van der Waals surface area contributed by atoms with Crippen LogP contribution in [0.2, 0.25) is 0 Å². The monoisotopic (exact) mass is 861 g/mol. The third-order valence-electron chi connectivity index (χ3n) is 11.3. The van der Waals surface area contributed by atoms with Gasteiger partial charge in [0, 0.05) is 85.5 Å². The van der Waals surface area contributed by atoms with E-state index in [2.05, 4.69) is 111 Å². The number of halogens is 1. The lowest BCUT2D eigenvalue weighted by atomic mass is 9.85. The van der Waals surface area contributed by atoms with Crippen LogP contribution in [0.15, 0.2) is 0 Å². The predicted octanol–water partition coefficient (Wildman–Crippen LogP) is 1.52. The van der Waals surface area contributed by atoms with E-state index in [1.807, 2.05) is 0 Å². The molecular formula is C46H44ClN5O8S. The van der Waals surface area contributed by atoms with Gasteiger partial charge in [0.1, 0.15) is 12.2 Å². The van der Waals surface area contributed by atoms with Crippen LogP contribution in [0.4, 0.5) is 4.79 Å². The zero-order valence-corrected chi connectivity index (χ0v) is 35.4. The number of terminal acetylenes is 1. The van der Waals surface area contributed by atoms with Gasteiger partial charge in [0.05, 0.1) is 11.3 Å². The number of imide groups is 1. The highest BCUT2D eigenvalue weighted by Crippen LogP contribution is 2.37. The zero-order chi connectivity index (χ0) is 43.8. The summed E-state index contributed by atoms with van der Waals surface area (Å²) < 4.78 is 41.5. The largest absolute Gasteiger partial charge is 0.440 e. The summed E-state index contributed by atoms with van der Waals surface area (Å²) in [5.74, 6) is 37.0. The van der Waals surface area contributed by atoms with Gasteiger partial charge in [0.15, 0.2) is 6.04 Å². The normalized spacial score (nSPS) is 26.6. The fourth-order valence-electron chi connectivity index (χ4n) is 8.36. The van der Waals surface area contributed by atoms with Crippen molar-refractivity contribution in [1.82, 2.24) is 24.7 Å². The second-order valence-electron chi connectivity index (χ2n) is 14.9. The van der Waals surface area contributed by atoms with Crippen molar-refractivity contribution in [3.63, 3.8) is 0 Å². The maximum Gasteiger partial charge on any atom is 0.330 e. The second-order valence-corrected chi connectivity index (χ2v) is 17.5. The molecule has 5 rings (SSSR count). The molecule has 0 spiro atoms. The molecule has 3 saturated carbocycles. The highest BCUT2D eigenvalue weighted by Gasteiger charge is 2.54. The Kier molecular flexibility index (Phi) is 16.9. The number of nitrogens with zero attached hydrogens (tertiary/aromatic N) is 3. The summed E-state index contributed by atoms with van der Waals surface area (Å²) in [6.45, 7) is 0.375. The molecule has 0 aromatic rings. The summed E-state index contributed by atoms with van der Waals surface area (Å²) in [4.78, 5) is 59.5. The number of hydrogen-bond donors (Lipinski definition) is 2. The van der Waals surface area contributed by atoms with Crippen LogP contribution in [0.3, 0.4) is 0 Å². The van der Waals surface area contributed by atoms with Gasteiger partial charge < -0.3 is 19.7 Å². The smallest absolute Gasteiger partial charge is 0.330 e. The predicted molar refractivity (Wildman–Crippen MR) is 226 cm³/mol. The maximum absolute atomic E-state index is 14.5. The van der Waals surface area contributed by atoms with Crippen molar-refractivity contribution in [3.05, 3.63) is 0 Å². The molecular weight excluding hydrogens is 818 g/mol. The molecule has 0 bridgehead atoms. The van der Waals surface area contributed by atoms with Crippen LogP contribution < -0.4 is 10.0 Å². The lowest BCUT2D eigenvalue weighted by Crippen LogP contribution is -2.62. The maximum atomic E-state index is 14.5. The quantitative estimate of drug-likeness (QED) is 0.153. The van der Waals surface area contributed by atoms with Gasteiger partial charge in [0.2, 0.25) is 16.3 Å². The third-order valence-corrected chi connectivity index (χ3v) is 13.7. The van der Waals surface area contributed by atoms with Gasteiger partial charge in [0.25, 0.3) is 17.7 Å². The molecule has 61 heavy (non-hydrogen) atoms. The molecule has 3 aliphatic carbocycles. The van der Waals surface area contributed by atoms with Gasteiger partial charge in [-0.3, -0.25) is 19.3 Å². The number of likely N-dealkylation sites (N-methyl/N-ethyl adjacent to an activating group) is 1. The zero-order valence-electron chi connectivity index (χ0n) is 33.9. The standard InChI is InChI=1S/C46H44ClN5O8S/c1-4-5-6-7-8-9-10-11-12-13-14-15-16-17-18-23-32-60-40-29-28-35(61(57,58)49-37-26-21-20-25-36(37)47)33-38(40)48-42(53)41(52-44(55)45(59-3)50(2)46(52)56)43(54)51-31-30-34-24-19-22-27-39(34)51/h1,34-41,45,49H,19-22,24-31,33H2,2-3H3,(H,48,53). The first-order valence-corrected chi connectivity index (χ1v) is 22.0. The summed E-state index contributed by atoms with van der Waals surface area (Å²) in [5.41, 5.74) is 0. The van der Waals surface area contributed by atoms with E-state index in [-0.39, 0.29) is 36.6 Å². The van der Waals surface area contributed by atoms with Crippen molar-refractivity contribution >= 4 is 45.4 Å². The molecule has 2 aliphatic heterocycles. The van der Waals surface area contributed by atoms with E-state index in [1.54, 1.807) is 4.90 Å². The first kappa shape index (κ1) is 46.0. The minimum atomic E-state index is -3.95. The molecule has 13 nitrogen and oxygen atoms in total. The molecule has 15 heteroatoms. The summed E-state index contributed by atoms with van der Waals surface area (Å²) in [7, 11) is -1.35. The summed E-state index contributed by atoms with van der Waals surface area (Å²) in [6, 6.07) is -4.34. The van der Waals surface area contributed by atoms with Crippen LogP contribution in [-0.2, 0) is 33.9 Å². The number of amides is 5. The van der Waals surface area contributed by atoms with E-state index < -0.39 is 69.5 Å². The number of hydrogen-bond acceptors (Lipinski definition) is 8. The van der Waals surface area contributed by atoms with E-state index in [0.29, 0.717) is 24.3 Å². The number of ether oxygens (including phenoxy) is 2. The lowest BCUT2D eigenvalue weighted by molar-refractivity contribution is -0.152. The van der Waals surface area contributed by atoms with E-state index in [1.165, 1.54) is 14.2 Å². The Morgan fingerprint density at radius 1 is 0.787 bits per heavy atom. The molecule has 0 aromatic heterocycles. The van der Waals surface area contributed by atoms with Crippen LogP contribution in [-0.4, -0.2) is 115 Å². The average Bonchev–Trinajstić information content (AvgIpc) is 3.77. The number of methoxy groups -OCH3 is 1. The van der Waals surface area contributed by atoms with E-state index >= 15 is 0 Å². The van der Waals surface area contributed by atoms with Crippen molar-refractivity contribution in [1.29, 1.82) is 0 Å². The number of carbonyl (C=O) groups excluding carboxylic acids is 4. The molecule has 5 aliphatic rings. The number of nitrogens with one attached hydrogen (secondary N) is 2. The number of urea groups is 1. The number of rotatable bonds is 9. The Balaban J connectivity index is 1.35. The third kappa shape index (κ3) is 12.0. The lowest BCUT2D eigenvalue weighted by Gasteiger charge is -2.38. The molecule has 2 heterocycles. The molecule has 2 saturated heterocycles. The SMILES string of the molecule is C#CC#CC#CC#CC#CC#CC#CC#CC#COC1CCC(S(=O)(=O)NC2CCCCC2Cl)CC1NC(=O)C(C(=O)N1CCC2CCCCC21)N1C(=O)C(OC)N(C)C1=O. The van der Waals surface area contributed by atoms with Crippen molar-refractivity contribution in [2.24, 2.45) is 5.92 Å². The van der Waals surface area contributed by atoms with Gasteiger partial charge in [-0.15, -0.1) is 18.0 Å². The second kappa shape index (κ2) is 22.5. The van der Waals surface area contributed by atoms with Gasteiger partial charge in [-0.05, 0) is 105 Å².